The fraction of sp³-hybridized carbons (Fsp3) is 0.296. The number of halogens is 1. The number of nitrogens with one attached hydrogen (secondary N) is 1. The number of sulfonamides is 1. The van der Waals surface area contributed by atoms with E-state index in [2.05, 4.69) is 5.32 Å². The van der Waals surface area contributed by atoms with E-state index in [0.717, 1.165) is 27.6 Å². The van der Waals surface area contributed by atoms with Crippen LogP contribution in [0, 0.1) is 13.8 Å². The molecule has 0 atom stereocenters. The zero-order valence-electron chi connectivity index (χ0n) is 20.3. The van der Waals surface area contributed by atoms with E-state index in [1.807, 2.05) is 38.1 Å². The fourth-order valence-electron chi connectivity index (χ4n) is 3.74. The van der Waals surface area contributed by atoms with Gasteiger partial charge >= 0.3 is 0 Å². The molecule has 1 N–H and O–H groups in total. The molecule has 3 aromatic carbocycles. The van der Waals surface area contributed by atoms with Gasteiger partial charge in [0.15, 0.2) is 0 Å². The van der Waals surface area contributed by atoms with Crippen molar-refractivity contribution in [3.63, 3.8) is 0 Å². The average Bonchev–Trinajstić information content (AvgIpc) is 2.82. The molecule has 0 aliphatic rings. The highest BCUT2D eigenvalue weighted by molar-refractivity contribution is 7.92. The Morgan fingerprint density at radius 3 is 2.43 bits per heavy atom. The van der Waals surface area contributed by atoms with E-state index in [0.29, 0.717) is 35.8 Å². The molecule has 8 heteroatoms. The Morgan fingerprint density at radius 1 is 1.03 bits per heavy atom. The van der Waals surface area contributed by atoms with Crippen LogP contribution in [0.25, 0.3) is 0 Å². The van der Waals surface area contributed by atoms with Crippen LogP contribution in [-0.2, 0) is 21.2 Å². The van der Waals surface area contributed by atoms with Crippen LogP contribution < -0.4 is 14.4 Å². The summed E-state index contributed by atoms with van der Waals surface area (Å²) in [5.41, 5.74) is 3.09. The number of carbonyl (C=O) groups excluding carboxylic acids is 1. The van der Waals surface area contributed by atoms with Gasteiger partial charge in [-0.3, -0.25) is 9.10 Å². The largest absolute Gasteiger partial charge is 0.494 e. The van der Waals surface area contributed by atoms with Crippen LogP contribution in [0.1, 0.15) is 30.0 Å². The van der Waals surface area contributed by atoms with E-state index in [1.54, 1.807) is 49.4 Å². The first-order valence-corrected chi connectivity index (χ1v) is 13.4. The van der Waals surface area contributed by atoms with Gasteiger partial charge in [0, 0.05) is 11.6 Å². The Bertz CT molecular complexity index is 1260. The number of carbonyl (C=O) groups is 1. The predicted octanol–water partition coefficient (Wildman–Crippen LogP) is 5.30. The minimum absolute atomic E-state index is 0.123. The molecule has 0 spiro atoms. The van der Waals surface area contributed by atoms with E-state index in [-0.39, 0.29) is 17.3 Å². The maximum absolute atomic E-state index is 13.5. The summed E-state index contributed by atoms with van der Waals surface area (Å²) in [4.78, 5) is 13.0. The minimum atomic E-state index is -3.97. The molecule has 0 aliphatic carbocycles. The van der Waals surface area contributed by atoms with Crippen LogP contribution in [0.4, 0.5) is 5.69 Å². The van der Waals surface area contributed by atoms with Crippen molar-refractivity contribution >= 4 is 33.2 Å². The summed E-state index contributed by atoms with van der Waals surface area (Å²) in [6.07, 6.45) is 1.43. The third-order valence-corrected chi connectivity index (χ3v) is 7.55. The number of para-hydroxylation sites is 1. The van der Waals surface area contributed by atoms with Crippen LogP contribution in [0.5, 0.6) is 5.75 Å². The van der Waals surface area contributed by atoms with Gasteiger partial charge in [-0.15, -0.1) is 0 Å². The highest BCUT2D eigenvalue weighted by atomic mass is 35.5. The third kappa shape index (κ3) is 6.99. The summed E-state index contributed by atoms with van der Waals surface area (Å²) in [5.74, 6) is 0.461. The van der Waals surface area contributed by atoms with Gasteiger partial charge in [0.2, 0.25) is 5.91 Å². The quantitative estimate of drug-likeness (QED) is 0.352. The maximum atomic E-state index is 13.5. The highest BCUT2D eigenvalue weighted by Crippen LogP contribution is 2.29. The number of rotatable bonds is 11. The molecule has 0 heterocycles. The topological polar surface area (TPSA) is 75.7 Å². The lowest BCUT2D eigenvalue weighted by Crippen LogP contribution is -2.41. The molecule has 186 valence electrons. The second kappa shape index (κ2) is 12.1. The van der Waals surface area contributed by atoms with E-state index < -0.39 is 10.0 Å². The van der Waals surface area contributed by atoms with Crippen LogP contribution in [0.3, 0.4) is 0 Å². The number of aryl methyl sites for hydroxylation is 3. The molecular formula is C27H31ClN2O4S. The maximum Gasteiger partial charge on any atom is 0.264 e. The first-order chi connectivity index (χ1) is 16.7. The van der Waals surface area contributed by atoms with Crippen LogP contribution >= 0.6 is 11.6 Å². The lowest BCUT2D eigenvalue weighted by Gasteiger charge is -2.26. The second-order valence-electron chi connectivity index (χ2n) is 8.25. The molecule has 3 rings (SSSR count). The minimum Gasteiger partial charge on any atom is -0.494 e. The van der Waals surface area contributed by atoms with Gasteiger partial charge in [-0.2, -0.15) is 0 Å². The smallest absolute Gasteiger partial charge is 0.264 e. The fourth-order valence-corrected chi connectivity index (χ4v) is 5.45. The van der Waals surface area contributed by atoms with Crippen LogP contribution in [0.2, 0.25) is 5.02 Å². The molecule has 0 bridgehead atoms. The van der Waals surface area contributed by atoms with E-state index in [4.69, 9.17) is 16.3 Å². The van der Waals surface area contributed by atoms with Gasteiger partial charge in [0.05, 0.1) is 17.2 Å². The van der Waals surface area contributed by atoms with Gasteiger partial charge in [-0.1, -0.05) is 47.5 Å². The summed E-state index contributed by atoms with van der Waals surface area (Å²) in [6.45, 7) is 6.26. The van der Waals surface area contributed by atoms with Gasteiger partial charge in [0.25, 0.3) is 10.0 Å². The van der Waals surface area contributed by atoms with E-state index in [9.17, 15) is 13.2 Å². The average molecular weight is 515 g/mol. The summed E-state index contributed by atoms with van der Waals surface area (Å²) in [7, 11) is -3.97. The monoisotopic (exact) mass is 514 g/mol. The molecule has 0 saturated carbocycles. The number of ether oxygens (including phenoxy) is 1. The van der Waals surface area contributed by atoms with Crippen LogP contribution in [0.15, 0.2) is 71.6 Å². The normalized spacial score (nSPS) is 11.2. The molecule has 0 aliphatic heterocycles. The molecule has 0 saturated heterocycles. The number of benzene rings is 3. The van der Waals surface area contributed by atoms with Crippen molar-refractivity contribution in [1.29, 1.82) is 0 Å². The molecule has 35 heavy (non-hydrogen) atoms. The Balaban J connectivity index is 1.73. The first kappa shape index (κ1) is 26.6. The Labute approximate surface area is 212 Å². The molecule has 0 fully saturated rings. The van der Waals surface area contributed by atoms with Gasteiger partial charge in [0.1, 0.15) is 12.3 Å². The first-order valence-electron chi connectivity index (χ1n) is 11.6. The summed E-state index contributed by atoms with van der Waals surface area (Å²) in [6, 6.07) is 19.3. The standard InChI is InChI=1S/C27H31ClN2O4S/c1-4-34-26-10-6-5-8-22(26)9-7-17-29-27(31)19-30(25-16-13-23(28)18-21(25)3)35(32,33)24-14-11-20(2)12-15-24/h5-6,8,10-16,18H,4,7,9,17,19H2,1-3H3,(H,29,31). The molecule has 3 aromatic rings. The number of nitrogens with zero attached hydrogens (tertiary/aromatic N) is 1. The van der Waals surface area contributed by atoms with E-state index in [1.165, 1.54) is 0 Å². The molecule has 1 amide bonds. The molecular weight excluding hydrogens is 484 g/mol. The molecule has 0 unspecified atom stereocenters. The molecule has 0 radical (unpaired) electrons. The number of anilines is 1. The number of hydrogen-bond acceptors (Lipinski definition) is 4. The Morgan fingerprint density at radius 2 is 1.74 bits per heavy atom. The Hall–Kier alpha value is -3.03. The number of amides is 1. The van der Waals surface area contributed by atoms with Gasteiger partial charge in [-0.05, 0) is 81.1 Å². The zero-order valence-corrected chi connectivity index (χ0v) is 21.8. The van der Waals surface area contributed by atoms with Crippen molar-refractivity contribution in [2.45, 2.75) is 38.5 Å². The van der Waals surface area contributed by atoms with Crippen molar-refractivity contribution < 1.29 is 17.9 Å². The molecule has 6 nitrogen and oxygen atoms in total. The van der Waals surface area contributed by atoms with Crippen molar-refractivity contribution in [3.8, 4) is 5.75 Å². The summed E-state index contributed by atoms with van der Waals surface area (Å²) >= 11 is 6.09. The predicted molar refractivity (Wildman–Crippen MR) is 141 cm³/mol. The zero-order chi connectivity index (χ0) is 25.4. The SMILES string of the molecule is CCOc1ccccc1CCCNC(=O)CN(c1ccc(Cl)cc1C)S(=O)(=O)c1ccc(C)cc1. The summed E-state index contributed by atoms with van der Waals surface area (Å²) in [5, 5.41) is 3.35. The number of hydrogen-bond donors (Lipinski definition) is 1. The lowest BCUT2D eigenvalue weighted by molar-refractivity contribution is -0.119. The van der Waals surface area contributed by atoms with E-state index >= 15 is 0 Å². The van der Waals surface area contributed by atoms with Crippen molar-refractivity contribution in [1.82, 2.24) is 5.32 Å². The van der Waals surface area contributed by atoms with Gasteiger partial charge in [-0.25, -0.2) is 8.42 Å². The van der Waals surface area contributed by atoms with Crippen molar-refractivity contribution in [3.05, 3.63) is 88.4 Å². The van der Waals surface area contributed by atoms with Crippen LogP contribution in [-0.4, -0.2) is 34.0 Å². The van der Waals surface area contributed by atoms with Gasteiger partial charge < -0.3 is 10.1 Å². The van der Waals surface area contributed by atoms with Crippen molar-refractivity contribution in [2.75, 3.05) is 24.0 Å². The Kier molecular flexibility index (Phi) is 9.18. The lowest BCUT2D eigenvalue weighted by atomic mass is 10.1. The van der Waals surface area contributed by atoms with Crippen molar-refractivity contribution in [2.24, 2.45) is 0 Å². The third-order valence-electron chi connectivity index (χ3n) is 5.54. The highest BCUT2D eigenvalue weighted by Gasteiger charge is 2.28. The summed E-state index contributed by atoms with van der Waals surface area (Å²) < 4.78 is 33.9. The molecule has 0 aromatic heterocycles. The second-order valence-corrected chi connectivity index (χ2v) is 10.5.